The van der Waals surface area contributed by atoms with Gasteiger partial charge in [0.05, 0.1) is 11.8 Å². The van der Waals surface area contributed by atoms with Crippen LogP contribution in [-0.2, 0) is 0 Å². The highest BCUT2D eigenvalue weighted by Gasteiger charge is 2.12. The molecule has 0 saturated carbocycles. The maximum atomic E-state index is 11.9. The molecule has 1 aromatic heterocycles. The van der Waals surface area contributed by atoms with Gasteiger partial charge in [-0.05, 0) is 43.9 Å². The number of rotatable bonds is 4. The van der Waals surface area contributed by atoms with E-state index in [9.17, 15) is 4.79 Å². The van der Waals surface area contributed by atoms with Crippen LogP contribution in [0.1, 0.15) is 27.4 Å². The second-order valence-corrected chi connectivity index (χ2v) is 5.18. The number of nitrogens with zero attached hydrogens (tertiary/aromatic N) is 1. The molecule has 0 aliphatic carbocycles. The van der Waals surface area contributed by atoms with Gasteiger partial charge >= 0.3 is 0 Å². The molecule has 0 aliphatic heterocycles. The summed E-state index contributed by atoms with van der Waals surface area (Å²) in [6, 6.07) is 9.63. The molecule has 4 nitrogen and oxygen atoms in total. The van der Waals surface area contributed by atoms with Crippen LogP contribution in [0.25, 0.3) is 0 Å². The molecule has 5 heteroatoms. The second-order valence-electron chi connectivity index (χ2n) is 4.30. The molecule has 2 aromatic rings. The van der Waals surface area contributed by atoms with Gasteiger partial charge in [0.25, 0.3) is 5.91 Å². The number of carbonyl (C=O) groups is 1. The lowest BCUT2D eigenvalue weighted by Crippen LogP contribution is -2.17. The van der Waals surface area contributed by atoms with Crippen LogP contribution < -0.4 is 5.43 Å². The van der Waals surface area contributed by atoms with Gasteiger partial charge in [-0.1, -0.05) is 12.1 Å². The fourth-order valence-corrected chi connectivity index (χ4v) is 2.18. The summed E-state index contributed by atoms with van der Waals surface area (Å²) in [5.74, 6) is 1.04. The molecule has 0 bridgehead atoms. The molecule has 0 radical (unpaired) electrons. The Labute approximate surface area is 122 Å². The first-order valence-corrected chi connectivity index (χ1v) is 7.37. The van der Waals surface area contributed by atoms with Gasteiger partial charge in [0.2, 0.25) is 0 Å². The van der Waals surface area contributed by atoms with Crippen LogP contribution in [0.15, 0.2) is 44.7 Å². The standard InChI is InChI=1S/C15H16N2O2S/c1-10-8-14(11(2)19-10)15(18)17-16-9-12-4-6-13(20-3)7-5-12/h4-9H,1-3H3,(H,17,18). The zero-order valence-corrected chi connectivity index (χ0v) is 12.5. The Balaban J connectivity index is 1.98. The van der Waals surface area contributed by atoms with E-state index in [-0.39, 0.29) is 5.91 Å². The molecular weight excluding hydrogens is 272 g/mol. The number of hydrogen-bond acceptors (Lipinski definition) is 4. The van der Waals surface area contributed by atoms with Crippen molar-refractivity contribution in [3.63, 3.8) is 0 Å². The van der Waals surface area contributed by atoms with Crippen LogP contribution in [0, 0.1) is 13.8 Å². The fourth-order valence-electron chi connectivity index (χ4n) is 1.77. The normalized spacial score (nSPS) is 10.9. The molecule has 0 aliphatic rings. The molecule has 0 unspecified atom stereocenters. The first-order chi connectivity index (χ1) is 9.60. The van der Waals surface area contributed by atoms with Gasteiger partial charge in [-0.2, -0.15) is 5.10 Å². The predicted molar refractivity (Wildman–Crippen MR) is 81.5 cm³/mol. The van der Waals surface area contributed by atoms with Gasteiger partial charge in [0.15, 0.2) is 0 Å². The van der Waals surface area contributed by atoms with Crippen LogP contribution in [0.4, 0.5) is 0 Å². The van der Waals surface area contributed by atoms with E-state index in [0.717, 1.165) is 5.56 Å². The van der Waals surface area contributed by atoms with Crippen molar-refractivity contribution in [3.05, 3.63) is 53.0 Å². The maximum absolute atomic E-state index is 11.9. The first-order valence-electron chi connectivity index (χ1n) is 6.14. The minimum absolute atomic E-state index is 0.267. The summed E-state index contributed by atoms with van der Waals surface area (Å²) >= 11 is 1.68. The van der Waals surface area contributed by atoms with Gasteiger partial charge in [0, 0.05) is 4.90 Å². The van der Waals surface area contributed by atoms with Crippen molar-refractivity contribution in [2.24, 2.45) is 5.10 Å². The Hall–Kier alpha value is -2.01. The minimum atomic E-state index is -0.267. The van der Waals surface area contributed by atoms with Crippen molar-refractivity contribution in [1.82, 2.24) is 5.43 Å². The van der Waals surface area contributed by atoms with Crippen LogP contribution in [0.2, 0.25) is 0 Å². The number of hydrazone groups is 1. The first kappa shape index (κ1) is 14.4. The molecule has 1 amide bonds. The zero-order valence-electron chi connectivity index (χ0n) is 11.6. The highest BCUT2D eigenvalue weighted by Crippen LogP contribution is 2.14. The van der Waals surface area contributed by atoms with Crippen molar-refractivity contribution in [2.75, 3.05) is 6.26 Å². The lowest BCUT2D eigenvalue weighted by Gasteiger charge is -1.98. The van der Waals surface area contributed by atoms with Crippen LogP contribution in [0.5, 0.6) is 0 Å². The summed E-state index contributed by atoms with van der Waals surface area (Å²) in [6.07, 6.45) is 3.64. The lowest BCUT2D eigenvalue weighted by molar-refractivity contribution is 0.0953. The smallest absolute Gasteiger partial charge is 0.274 e. The third-order valence-corrected chi connectivity index (χ3v) is 3.52. The summed E-state index contributed by atoms with van der Waals surface area (Å²) in [5, 5.41) is 3.95. The number of nitrogens with one attached hydrogen (secondary N) is 1. The fraction of sp³-hybridized carbons (Fsp3) is 0.200. The van der Waals surface area contributed by atoms with E-state index < -0.39 is 0 Å². The second kappa shape index (κ2) is 6.43. The molecule has 0 atom stereocenters. The molecule has 0 fully saturated rings. The molecule has 0 spiro atoms. The Bertz CT molecular complexity index is 630. The van der Waals surface area contributed by atoms with E-state index in [0.29, 0.717) is 17.1 Å². The van der Waals surface area contributed by atoms with Crippen molar-refractivity contribution in [2.45, 2.75) is 18.7 Å². The van der Waals surface area contributed by atoms with Gasteiger partial charge in [0.1, 0.15) is 11.5 Å². The van der Waals surface area contributed by atoms with Crippen LogP contribution in [0.3, 0.4) is 0 Å². The zero-order chi connectivity index (χ0) is 14.5. The molecule has 1 heterocycles. The Morgan fingerprint density at radius 2 is 2.00 bits per heavy atom. The third-order valence-electron chi connectivity index (χ3n) is 2.78. The Morgan fingerprint density at radius 1 is 1.30 bits per heavy atom. The summed E-state index contributed by atoms with van der Waals surface area (Å²) < 4.78 is 5.31. The average Bonchev–Trinajstić information content (AvgIpc) is 2.78. The van der Waals surface area contributed by atoms with Gasteiger partial charge in [-0.15, -0.1) is 11.8 Å². The summed E-state index contributed by atoms with van der Waals surface area (Å²) in [6.45, 7) is 3.56. The van der Waals surface area contributed by atoms with Crippen molar-refractivity contribution < 1.29 is 9.21 Å². The van der Waals surface area contributed by atoms with Gasteiger partial charge in [-0.25, -0.2) is 5.43 Å². The number of amides is 1. The highest BCUT2D eigenvalue weighted by molar-refractivity contribution is 7.98. The van der Waals surface area contributed by atoms with E-state index >= 15 is 0 Å². The minimum Gasteiger partial charge on any atom is -0.466 e. The molecule has 1 N–H and O–H groups in total. The Morgan fingerprint density at radius 3 is 2.55 bits per heavy atom. The average molecular weight is 288 g/mol. The van der Waals surface area contributed by atoms with E-state index in [1.807, 2.05) is 30.5 Å². The number of carbonyl (C=O) groups excluding carboxylic acids is 1. The van der Waals surface area contributed by atoms with Gasteiger partial charge in [-0.3, -0.25) is 4.79 Å². The largest absolute Gasteiger partial charge is 0.466 e. The van der Waals surface area contributed by atoms with E-state index in [4.69, 9.17) is 4.42 Å². The lowest BCUT2D eigenvalue weighted by atomic mass is 10.2. The number of furan rings is 1. The van der Waals surface area contributed by atoms with E-state index in [1.165, 1.54) is 4.90 Å². The molecular formula is C15H16N2O2S. The maximum Gasteiger partial charge on any atom is 0.274 e. The quantitative estimate of drug-likeness (QED) is 0.533. The molecule has 1 aromatic carbocycles. The topological polar surface area (TPSA) is 54.6 Å². The Kier molecular flexibility index (Phi) is 4.63. The summed E-state index contributed by atoms with van der Waals surface area (Å²) in [5.41, 5.74) is 3.94. The van der Waals surface area contributed by atoms with Crippen LogP contribution in [-0.4, -0.2) is 18.4 Å². The van der Waals surface area contributed by atoms with E-state index in [1.54, 1.807) is 37.9 Å². The summed E-state index contributed by atoms with van der Waals surface area (Å²) in [4.78, 5) is 13.1. The number of benzene rings is 1. The predicted octanol–water partition coefficient (Wildman–Crippen LogP) is 3.38. The summed E-state index contributed by atoms with van der Waals surface area (Å²) in [7, 11) is 0. The monoisotopic (exact) mass is 288 g/mol. The van der Waals surface area contributed by atoms with E-state index in [2.05, 4.69) is 10.5 Å². The van der Waals surface area contributed by atoms with Crippen molar-refractivity contribution >= 4 is 23.9 Å². The molecule has 0 saturated heterocycles. The molecule has 20 heavy (non-hydrogen) atoms. The van der Waals surface area contributed by atoms with Crippen LogP contribution >= 0.6 is 11.8 Å². The number of aryl methyl sites for hydroxylation is 2. The van der Waals surface area contributed by atoms with Crippen molar-refractivity contribution in [3.8, 4) is 0 Å². The molecule has 104 valence electrons. The third kappa shape index (κ3) is 3.51. The SMILES string of the molecule is CSc1ccc(C=NNC(=O)c2cc(C)oc2C)cc1. The molecule has 2 rings (SSSR count). The van der Waals surface area contributed by atoms with Gasteiger partial charge < -0.3 is 4.42 Å². The highest BCUT2D eigenvalue weighted by atomic mass is 32.2. The number of hydrogen-bond donors (Lipinski definition) is 1. The van der Waals surface area contributed by atoms with Crippen molar-refractivity contribution in [1.29, 1.82) is 0 Å². The number of thioether (sulfide) groups is 1.